The molecule has 10 heteroatoms. The zero-order chi connectivity index (χ0) is 18.1. The van der Waals surface area contributed by atoms with Crippen molar-refractivity contribution in [3.05, 3.63) is 11.8 Å². The zero-order valence-corrected chi connectivity index (χ0v) is 15.0. The van der Waals surface area contributed by atoms with Crippen LogP contribution in [0.25, 0.3) is 0 Å². The number of hydrogen-bond acceptors (Lipinski definition) is 7. The number of rotatable bonds is 5. The number of aromatic nitrogens is 2. The normalized spacial score (nSPS) is 32.9. The van der Waals surface area contributed by atoms with Crippen LogP contribution in [0, 0.1) is 17.3 Å². The van der Waals surface area contributed by atoms with Gasteiger partial charge in [0.2, 0.25) is 11.8 Å². The van der Waals surface area contributed by atoms with E-state index >= 15 is 0 Å². The average molecular weight is 383 g/mol. The summed E-state index contributed by atoms with van der Waals surface area (Å²) >= 11 is 0. The molecule has 4 aliphatic rings. The number of hydrogen-bond donors (Lipinski definition) is 1. The molecule has 1 N–H and O–H groups in total. The van der Waals surface area contributed by atoms with Gasteiger partial charge in [-0.2, -0.15) is 13.5 Å². The molecule has 0 radical (unpaired) electrons. The summed E-state index contributed by atoms with van der Waals surface area (Å²) in [5, 5.41) is 9.23. The summed E-state index contributed by atoms with van der Waals surface area (Å²) in [5.41, 5.74) is -0.180. The molecule has 3 atom stereocenters. The van der Waals surface area contributed by atoms with E-state index in [9.17, 15) is 13.2 Å². The van der Waals surface area contributed by atoms with Gasteiger partial charge in [0.1, 0.15) is 0 Å². The van der Waals surface area contributed by atoms with Crippen molar-refractivity contribution in [2.24, 2.45) is 17.3 Å². The molecule has 3 saturated carbocycles. The number of carbonyl (C=O) groups is 1. The smallest absolute Gasteiger partial charge is 0.418 e. The summed E-state index contributed by atoms with van der Waals surface area (Å²) in [7, 11) is -4.74. The Labute approximate surface area is 151 Å². The van der Waals surface area contributed by atoms with Gasteiger partial charge >= 0.3 is 10.4 Å². The number of carbonyl (C=O) groups excluding carboxylic acids is 1. The van der Waals surface area contributed by atoms with E-state index in [1.807, 2.05) is 0 Å². The second-order valence-corrected chi connectivity index (χ2v) is 9.24. The summed E-state index contributed by atoms with van der Waals surface area (Å²) < 4.78 is 41.8. The Balaban J connectivity index is 1.40. The molecule has 1 aromatic heterocycles. The molecule has 3 aliphatic carbocycles. The summed E-state index contributed by atoms with van der Waals surface area (Å²) in [5.74, 6) is 0.592. The van der Waals surface area contributed by atoms with Gasteiger partial charge in [-0.1, -0.05) is 6.42 Å². The third kappa shape index (κ3) is 2.66. The van der Waals surface area contributed by atoms with E-state index < -0.39 is 22.2 Å². The molecule has 2 bridgehead atoms. The minimum absolute atomic E-state index is 0.180. The molecular weight excluding hydrogens is 362 g/mol. The van der Waals surface area contributed by atoms with Crippen molar-refractivity contribution in [3.8, 4) is 0 Å². The highest BCUT2D eigenvalue weighted by Gasteiger charge is 2.65. The summed E-state index contributed by atoms with van der Waals surface area (Å²) in [4.78, 5) is 12.7. The van der Waals surface area contributed by atoms with Gasteiger partial charge in [-0.05, 0) is 49.9 Å². The van der Waals surface area contributed by atoms with Crippen molar-refractivity contribution in [1.29, 1.82) is 0 Å². The molecule has 1 spiro atoms. The van der Waals surface area contributed by atoms with Gasteiger partial charge < -0.3 is 4.42 Å². The van der Waals surface area contributed by atoms with E-state index in [0.717, 1.165) is 24.3 Å². The van der Waals surface area contributed by atoms with Crippen LogP contribution in [0.3, 0.4) is 0 Å². The van der Waals surface area contributed by atoms with Crippen LogP contribution in [-0.2, 0) is 25.9 Å². The molecule has 9 nitrogen and oxygen atoms in total. The first-order valence-electron chi connectivity index (χ1n) is 9.17. The summed E-state index contributed by atoms with van der Waals surface area (Å²) in [6.45, 7) is 0. The fourth-order valence-electron chi connectivity index (χ4n) is 4.90. The first kappa shape index (κ1) is 16.6. The number of amides is 1. The molecule has 26 heavy (non-hydrogen) atoms. The SMILES string of the molecule is O=C1C2C[C@H](N1OS(=O)(=O)O)C1(CC1)C[C@H]2c1nnc(CC2CCC2)o1. The first-order chi connectivity index (χ1) is 12.3. The molecule has 1 saturated heterocycles. The topological polar surface area (TPSA) is 123 Å². The third-order valence-corrected chi connectivity index (χ3v) is 7.02. The molecule has 5 rings (SSSR count). The Morgan fingerprint density at radius 2 is 2.04 bits per heavy atom. The molecular formula is C16H21N3O6S. The van der Waals surface area contributed by atoms with Crippen LogP contribution in [0.5, 0.6) is 0 Å². The van der Waals surface area contributed by atoms with Crippen LogP contribution in [0.15, 0.2) is 4.42 Å². The first-order valence-corrected chi connectivity index (χ1v) is 10.5. The molecule has 1 unspecified atom stereocenters. The Morgan fingerprint density at radius 3 is 2.65 bits per heavy atom. The quantitative estimate of drug-likeness (QED) is 0.761. The fourth-order valence-corrected chi connectivity index (χ4v) is 5.28. The van der Waals surface area contributed by atoms with Gasteiger partial charge in [-0.25, -0.2) is 0 Å². The third-order valence-electron chi connectivity index (χ3n) is 6.67. The second kappa shape index (κ2) is 5.49. The van der Waals surface area contributed by atoms with E-state index in [4.69, 9.17) is 8.97 Å². The van der Waals surface area contributed by atoms with Crippen molar-refractivity contribution >= 4 is 16.3 Å². The predicted octanol–water partition coefficient (Wildman–Crippen LogP) is 1.63. The molecule has 1 amide bonds. The predicted molar refractivity (Wildman–Crippen MR) is 85.7 cm³/mol. The van der Waals surface area contributed by atoms with Gasteiger partial charge in [-0.3, -0.25) is 9.35 Å². The molecule has 0 aromatic carbocycles. The maximum Gasteiger partial charge on any atom is 0.418 e. The average Bonchev–Trinajstić information content (AvgIpc) is 3.03. The van der Waals surface area contributed by atoms with Crippen molar-refractivity contribution in [3.63, 3.8) is 0 Å². The largest absolute Gasteiger partial charge is 0.425 e. The highest BCUT2D eigenvalue weighted by Crippen LogP contribution is 2.65. The monoisotopic (exact) mass is 383 g/mol. The Bertz CT molecular complexity index is 844. The lowest BCUT2D eigenvalue weighted by molar-refractivity contribution is -0.161. The van der Waals surface area contributed by atoms with Crippen LogP contribution in [-0.4, -0.2) is 40.2 Å². The Morgan fingerprint density at radius 1 is 1.27 bits per heavy atom. The van der Waals surface area contributed by atoms with Crippen LogP contribution in [0.4, 0.5) is 0 Å². The van der Waals surface area contributed by atoms with Crippen molar-refractivity contribution in [1.82, 2.24) is 15.3 Å². The number of fused-ring (bicyclic) bond motifs is 3. The highest BCUT2D eigenvalue weighted by atomic mass is 32.3. The van der Waals surface area contributed by atoms with Crippen LogP contribution in [0.2, 0.25) is 0 Å². The Hall–Kier alpha value is -1.52. The standard InChI is InChI=1S/C16H21N3O6S/c20-15-10-7-12(19(15)25-26(21,22)23)16(4-5-16)8-11(10)14-18-17-13(24-14)6-9-2-1-3-9/h9-12H,1-8H2,(H,21,22,23)/t10?,11-,12+/m1/s1. The van der Waals surface area contributed by atoms with Crippen LogP contribution in [0.1, 0.15) is 62.6 Å². The summed E-state index contributed by atoms with van der Waals surface area (Å²) in [6, 6.07) is -0.324. The van der Waals surface area contributed by atoms with E-state index in [0.29, 0.717) is 30.5 Å². The van der Waals surface area contributed by atoms with Gasteiger partial charge in [0.15, 0.2) is 0 Å². The highest BCUT2D eigenvalue weighted by molar-refractivity contribution is 7.80. The summed E-state index contributed by atoms with van der Waals surface area (Å²) in [6.07, 6.45) is 7.38. The van der Waals surface area contributed by atoms with Crippen molar-refractivity contribution in [2.45, 2.75) is 63.3 Å². The maximum atomic E-state index is 12.7. The van der Waals surface area contributed by atoms with Gasteiger partial charge in [0.25, 0.3) is 5.91 Å². The van der Waals surface area contributed by atoms with E-state index in [1.54, 1.807) is 0 Å². The number of hydroxylamine groups is 2. The molecule has 4 fully saturated rings. The lowest BCUT2D eigenvalue weighted by Crippen LogP contribution is -2.40. The second-order valence-electron chi connectivity index (χ2n) is 8.23. The van der Waals surface area contributed by atoms with E-state index in [1.165, 1.54) is 19.3 Å². The fraction of sp³-hybridized carbons (Fsp3) is 0.812. The zero-order valence-electron chi connectivity index (χ0n) is 14.2. The van der Waals surface area contributed by atoms with Crippen LogP contribution < -0.4 is 0 Å². The van der Waals surface area contributed by atoms with E-state index in [-0.39, 0.29) is 17.4 Å². The van der Waals surface area contributed by atoms with Crippen molar-refractivity contribution in [2.75, 3.05) is 0 Å². The van der Waals surface area contributed by atoms with Gasteiger partial charge in [-0.15, -0.1) is 14.5 Å². The van der Waals surface area contributed by atoms with Gasteiger partial charge in [0, 0.05) is 12.3 Å². The number of nitrogens with zero attached hydrogens (tertiary/aromatic N) is 3. The van der Waals surface area contributed by atoms with E-state index in [2.05, 4.69) is 14.5 Å². The molecule has 2 heterocycles. The Kier molecular flexibility index (Phi) is 3.51. The minimum Gasteiger partial charge on any atom is -0.425 e. The molecule has 1 aromatic rings. The minimum atomic E-state index is -4.74. The lowest BCUT2D eigenvalue weighted by Gasteiger charge is -2.33. The maximum absolute atomic E-state index is 12.7. The molecule has 142 valence electrons. The lowest BCUT2D eigenvalue weighted by atomic mass is 9.72. The van der Waals surface area contributed by atoms with Crippen molar-refractivity contribution < 1.29 is 26.5 Å². The van der Waals surface area contributed by atoms with Crippen LogP contribution >= 0.6 is 0 Å². The molecule has 1 aliphatic heterocycles. The van der Waals surface area contributed by atoms with Gasteiger partial charge in [0.05, 0.1) is 12.0 Å².